The summed E-state index contributed by atoms with van der Waals surface area (Å²) in [6.07, 6.45) is 1.85. The number of hydrogen-bond acceptors (Lipinski definition) is 5. The third-order valence-electron chi connectivity index (χ3n) is 1.42. The molecule has 0 aromatic carbocycles. The highest BCUT2D eigenvalue weighted by Gasteiger charge is 2.03. The fraction of sp³-hybridized carbons (Fsp3) is 0.556. The summed E-state index contributed by atoms with van der Waals surface area (Å²) in [7, 11) is 2.74. The van der Waals surface area contributed by atoms with Gasteiger partial charge in [0, 0.05) is 19.3 Å². The van der Waals surface area contributed by atoms with Gasteiger partial charge in [0.05, 0.1) is 13.2 Å². The molecule has 80 valence electrons. The van der Waals surface area contributed by atoms with Crippen molar-refractivity contribution < 1.29 is 23.8 Å². The fourth-order valence-corrected chi connectivity index (χ4v) is 0.520. The minimum absolute atomic E-state index is 0.154. The van der Waals surface area contributed by atoms with E-state index in [1.54, 1.807) is 6.92 Å². The maximum absolute atomic E-state index is 10.9. The molecule has 0 aliphatic heterocycles. The molecule has 0 radical (unpaired) electrons. The summed E-state index contributed by atoms with van der Waals surface area (Å²) in [5, 5.41) is 0. The summed E-state index contributed by atoms with van der Waals surface area (Å²) in [5.74, 6) is -1.19. The van der Waals surface area contributed by atoms with Crippen molar-refractivity contribution in [1.29, 1.82) is 0 Å². The van der Waals surface area contributed by atoms with Crippen molar-refractivity contribution in [2.75, 3.05) is 20.8 Å². The van der Waals surface area contributed by atoms with Crippen LogP contribution in [0, 0.1) is 0 Å². The Morgan fingerprint density at radius 1 is 1.21 bits per heavy atom. The van der Waals surface area contributed by atoms with Gasteiger partial charge in [-0.1, -0.05) is 0 Å². The van der Waals surface area contributed by atoms with Crippen LogP contribution >= 0.6 is 0 Å². The Morgan fingerprint density at radius 2 is 1.79 bits per heavy atom. The molecule has 0 aromatic heterocycles. The minimum Gasteiger partial charge on any atom is -0.466 e. The van der Waals surface area contributed by atoms with Crippen LogP contribution in [0.1, 0.15) is 6.92 Å². The Bertz CT molecular complexity index is 221. The van der Waals surface area contributed by atoms with Crippen molar-refractivity contribution in [3.63, 3.8) is 0 Å². The van der Waals surface area contributed by atoms with E-state index in [9.17, 15) is 9.59 Å². The molecule has 0 aromatic rings. The molecule has 5 heteroatoms. The summed E-state index contributed by atoms with van der Waals surface area (Å²) >= 11 is 0. The van der Waals surface area contributed by atoms with Gasteiger partial charge in [-0.05, 0) is 6.92 Å². The normalized spacial score (nSPS) is 12.5. The van der Waals surface area contributed by atoms with E-state index in [1.165, 1.54) is 14.2 Å². The lowest BCUT2D eigenvalue weighted by molar-refractivity contribution is -0.141. The minimum atomic E-state index is -0.598. The molecule has 0 aliphatic carbocycles. The average Bonchev–Trinajstić information content (AvgIpc) is 2.22. The lowest BCUT2D eigenvalue weighted by atomic mass is 10.4. The number of carbonyl (C=O) groups is 2. The lowest BCUT2D eigenvalue weighted by Crippen LogP contribution is -2.16. The van der Waals surface area contributed by atoms with Crippen molar-refractivity contribution in [1.82, 2.24) is 0 Å². The molecule has 5 nitrogen and oxygen atoms in total. The van der Waals surface area contributed by atoms with E-state index < -0.39 is 11.9 Å². The van der Waals surface area contributed by atoms with Crippen molar-refractivity contribution >= 4 is 11.9 Å². The second-order valence-electron chi connectivity index (χ2n) is 2.53. The maximum atomic E-state index is 10.9. The Balaban J connectivity index is 3.76. The molecule has 0 fully saturated rings. The van der Waals surface area contributed by atoms with Gasteiger partial charge < -0.3 is 14.2 Å². The number of hydrogen-bond donors (Lipinski definition) is 0. The molecular weight excluding hydrogens is 188 g/mol. The first-order valence-electron chi connectivity index (χ1n) is 4.05. The second-order valence-corrected chi connectivity index (χ2v) is 2.53. The Labute approximate surface area is 82.6 Å². The quantitative estimate of drug-likeness (QED) is 0.473. The van der Waals surface area contributed by atoms with Crippen LogP contribution in [-0.4, -0.2) is 38.9 Å². The topological polar surface area (TPSA) is 61.8 Å². The standard InChI is InChI=1S/C9H14O5/c1-7(12-2)6-14-9(11)5-4-8(10)13-3/h4-5,7H,6H2,1-3H3/b5-4-. The summed E-state index contributed by atoms with van der Waals surface area (Å²) in [5.41, 5.74) is 0. The molecule has 14 heavy (non-hydrogen) atoms. The van der Waals surface area contributed by atoms with Crippen molar-refractivity contribution in [2.24, 2.45) is 0 Å². The highest BCUT2D eigenvalue weighted by molar-refractivity contribution is 5.91. The third kappa shape index (κ3) is 6.19. The van der Waals surface area contributed by atoms with Crippen molar-refractivity contribution in [3.8, 4) is 0 Å². The number of methoxy groups -OCH3 is 2. The molecule has 0 N–H and O–H groups in total. The van der Waals surface area contributed by atoms with Gasteiger partial charge in [0.1, 0.15) is 6.61 Å². The van der Waals surface area contributed by atoms with E-state index in [2.05, 4.69) is 4.74 Å². The van der Waals surface area contributed by atoms with Crippen molar-refractivity contribution in [2.45, 2.75) is 13.0 Å². The number of carbonyl (C=O) groups excluding carboxylic acids is 2. The van der Waals surface area contributed by atoms with E-state index in [4.69, 9.17) is 9.47 Å². The Hall–Kier alpha value is -1.36. The molecule has 0 saturated heterocycles. The first-order chi connectivity index (χ1) is 6.60. The predicted octanol–water partition coefficient (Wildman–Crippen LogP) is 0.294. The SMILES string of the molecule is COC(=O)/C=C\C(=O)OCC(C)OC. The van der Waals surface area contributed by atoms with E-state index in [-0.39, 0.29) is 12.7 Å². The molecule has 0 aliphatic rings. The lowest BCUT2D eigenvalue weighted by Gasteiger charge is -2.08. The van der Waals surface area contributed by atoms with Gasteiger partial charge in [-0.3, -0.25) is 0 Å². The molecule has 0 saturated carbocycles. The highest BCUT2D eigenvalue weighted by atomic mass is 16.6. The Morgan fingerprint density at radius 3 is 2.29 bits per heavy atom. The van der Waals surface area contributed by atoms with Crippen LogP contribution in [-0.2, 0) is 23.8 Å². The summed E-state index contributed by atoms with van der Waals surface area (Å²) in [6.45, 7) is 1.91. The molecule has 1 unspecified atom stereocenters. The van der Waals surface area contributed by atoms with Crippen LogP contribution in [0.15, 0.2) is 12.2 Å². The van der Waals surface area contributed by atoms with Gasteiger partial charge in [0.25, 0.3) is 0 Å². The number of ether oxygens (including phenoxy) is 3. The number of rotatable bonds is 5. The molecule has 0 amide bonds. The fourth-order valence-electron chi connectivity index (χ4n) is 0.520. The second kappa shape index (κ2) is 7.08. The first kappa shape index (κ1) is 12.6. The maximum Gasteiger partial charge on any atom is 0.331 e. The third-order valence-corrected chi connectivity index (χ3v) is 1.42. The van der Waals surface area contributed by atoms with Crippen LogP contribution in [0.25, 0.3) is 0 Å². The predicted molar refractivity (Wildman–Crippen MR) is 48.6 cm³/mol. The molecule has 1 atom stereocenters. The van der Waals surface area contributed by atoms with Crippen LogP contribution in [0.2, 0.25) is 0 Å². The van der Waals surface area contributed by atoms with Gasteiger partial charge in [0.15, 0.2) is 0 Å². The van der Waals surface area contributed by atoms with E-state index in [1.807, 2.05) is 0 Å². The van der Waals surface area contributed by atoms with Gasteiger partial charge in [-0.2, -0.15) is 0 Å². The van der Waals surface area contributed by atoms with Crippen LogP contribution in [0.3, 0.4) is 0 Å². The van der Waals surface area contributed by atoms with Crippen molar-refractivity contribution in [3.05, 3.63) is 12.2 Å². The zero-order valence-corrected chi connectivity index (χ0v) is 8.48. The summed E-state index contributed by atoms with van der Waals surface area (Å²) in [6, 6.07) is 0. The number of esters is 2. The van der Waals surface area contributed by atoms with Gasteiger partial charge in [-0.15, -0.1) is 0 Å². The molecule has 0 bridgehead atoms. The van der Waals surface area contributed by atoms with Gasteiger partial charge >= 0.3 is 11.9 Å². The molecule has 0 heterocycles. The highest BCUT2D eigenvalue weighted by Crippen LogP contribution is 1.91. The monoisotopic (exact) mass is 202 g/mol. The summed E-state index contributed by atoms with van der Waals surface area (Å²) < 4.78 is 13.9. The van der Waals surface area contributed by atoms with E-state index in [0.717, 1.165) is 12.2 Å². The zero-order chi connectivity index (χ0) is 11.0. The summed E-state index contributed by atoms with van der Waals surface area (Å²) in [4.78, 5) is 21.5. The largest absolute Gasteiger partial charge is 0.466 e. The molecule has 0 rings (SSSR count). The van der Waals surface area contributed by atoms with Gasteiger partial charge in [-0.25, -0.2) is 9.59 Å². The first-order valence-corrected chi connectivity index (χ1v) is 4.05. The van der Waals surface area contributed by atoms with E-state index in [0.29, 0.717) is 0 Å². The van der Waals surface area contributed by atoms with Gasteiger partial charge in [0.2, 0.25) is 0 Å². The average molecular weight is 202 g/mol. The zero-order valence-electron chi connectivity index (χ0n) is 8.48. The Kier molecular flexibility index (Phi) is 6.39. The van der Waals surface area contributed by atoms with Crippen LogP contribution in [0.5, 0.6) is 0 Å². The molecular formula is C9H14O5. The van der Waals surface area contributed by atoms with E-state index >= 15 is 0 Å². The van der Waals surface area contributed by atoms with Crippen LogP contribution in [0.4, 0.5) is 0 Å². The molecule has 0 spiro atoms. The van der Waals surface area contributed by atoms with Crippen LogP contribution < -0.4 is 0 Å². The smallest absolute Gasteiger partial charge is 0.331 e.